The Morgan fingerprint density at radius 3 is 2.52 bits per heavy atom. The normalized spacial score (nSPS) is 16.2. The molecular weight excluding hydrogens is 318 g/mol. The smallest absolute Gasteiger partial charge is 0.289 e. The maximum absolute atomic E-state index is 12.4. The predicted octanol–water partition coefficient (Wildman–Crippen LogP) is 1.95. The fourth-order valence-corrected chi connectivity index (χ4v) is 2.93. The van der Waals surface area contributed by atoms with Crippen LogP contribution in [0.1, 0.15) is 30.8 Å². The fourth-order valence-electron chi connectivity index (χ4n) is 2.78. The zero-order valence-electron chi connectivity index (χ0n) is 13.8. The number of carbonyl (C=O) groups is 2. The highest BCUT2D eigenvalue weighted by Crippen LogP contribution is 2.16. The molecule has 1 aliphatic heterocycles. The monoisotopic (exact) mass is 341 g/mol. The molecule has 1 saturated heterocycles. The molecule has 0 N–H and O–H groups in total. The number of nitrogens with zero attached hydrogens (tertiary/aromatic N) is 3. The van der Waals surface area contributed by atoms with E-state index in [0.717, 1.165) is 26.1 Å². The second-order valence-electron chi connectivity index (χ2n) is 5.59. The summed E-state index contributed by atoms with van der Waals surface area (Å²) >= 11 is 5.73. The highest BCUT2D eigenvalue weighted by Gasteiger charge is 2.24. The summed E-state index contributed by atoms with van der Waals surface area (Å²) in [6.45, 7) is 8.59. The quantitative estimate of drug-likeness (QED) is 0.821. The average Bonchev–Trinajstić information content (AvgIpc) is 2.83. The predicted molar refractivity (Wildman–Crippen MR) is 88.6 cm³/mol. The van der Waals surface area contributed by atoms with Crippen LogP contribution in [-0.2, 0) is 4.79 Å². The molecule has 1 aliphatic rings. The maximum Gasteiger partial charge on any atom is 0.289 e. The molecule has 0 bridgehead atoms. The molecule has 6 nitrogen and oxygen atoms in total. The van der Waals surface area contributed by atoms with Gasteiger partial charge in [0.1, 0.15) is 0 Å². The van der Waals surface area contributed by atoms with Gasteiger partial charge in [0, 0.05) is 39.3 Å². The van der Waals surface area contributed by atoms with Crippen LogP contribution in [-0.4, -0.2) is 72.3 Å². The van der Waals surface area contributed by atoms with Gasteiger partial charge in [-0.3, -0.25) is 14.5 Å². The Morgan fingerprint density at radius 2 is 1.91 bits per heavy atom. The topological polar surface area (TPSA) is 57.0 Å². The van der Waals surface area contributed by atoms with Gasteiger partial charge < -0.3 is 14.2 Å². The molecule has 2 heterocycles. The van der Waals surface area contributed by atoms with E-state index in [2.05, 4.69) is 4.90 Å². The number of hydrogen-bond acceptors (Lipinski definition) is 4. The van der Waals surface area contributed by atoms with Crippen molar-refractivity contribution in [1.82, 2.24) is 14.7 Å². The van der Waals surface area contributed by atoms with Gasteiger partial charge in [-0.1, -0.05) is 0 Å². The first-order valence-electron chi connectivity index (χ1n) is 8.09. The van der Waals surface area contributed by atoms with E-state index in [1.54, 1.807) is 17.0 Å². The summed E-state index contributed by atoms with van der Waals surface area (Å²) in [5, 5.41) is 0.217. The van der Waals surface area contributed by atoms with Crippen LogP contribution < -0.4 is 0 Å². The summed E-state index contributed by atoms with van der Waals surface area (Å²) in [5.41, 5.74) is 0. The minimum absolute atomic E-state index is 0.145. The Balaban J connectivity index is 1.89. The van der Waals surface area contributed by atoms with Crippen LogP contribution in [0, 0.1) is 0 Å². The lowest BCUT2D eigenvalue weighted by atomic mass is 10.3. The van der Waals surface area contributed by atoms with Crippen molar-refractivity contribution in [2.75, 3.05) is 45.8 Å². The SMILES string of the molecule is CCN(CC)C(=O)CN1CCCN(C(=O)c2ccc(Cl)o2)CC1. The second kappa shape index (κ2) is 8.36. The third kappa shape index (κ3) is 4.72. The number of hydrogen-bond donors (Lipinski definition) is 0. The highest BCUT2D eigenvalue weighted by atomic mass is 35.5. The van der Waals surface area contributed by atoms with E-state index < -0.39 is 0 Å². The molecule has 0 spiro atoms. The van der Waals surface area contributed by atoms with Gasteiger partial charge in [-0.05, 0) is 44.0 Å². The van der Waals surface area contributed by atoms with Crippen LogP contribution in [0.4, 0.5) is 0 Å². The molecule has 0 saturated carbocycles. The molecule has 1 fully saturated rings. The summed E-state index contributed by atoms with van der Waals surface area (Å²) < 4.78 is 5.19. The van der Waals surface area contributed by atoms with Crippen molar-refractivity contribution < 1.29 is 14.0 Å². The molecule has 1 aromatic heterocycles. The molecule has 0 unspecified atom stereocenters. The van der Waals surface area contributed by atoms with Gasteiger partial charge in [-0.25, -0.2) is 0 Å². The molecule has 1 aromatic rings. The van der Waals surface area contributed by atoms with Crippen LogP contribution >= 0.6 is 11.6 Å². The van der Waals surface area contributed by atoms with E-state index in [4.69, 9.17) is 16.0 Å². The molecule has 0 aliphatic carbocycles. The Morgan fingerprint density at radius 1 is 1.17 bits per heavy atom. The van der Waals surface area contributed by atoms with Crippen molar-refractivity contribution in [3.63, 3.8) is 0 Å². The molecule has 0 radical (unpaired) electrons. The fraction of sp³-hybridized carbons (Fsp3) is 0.625. The lowest BCUT2D eigenvalue weighted by molar-refractivity contribution is -0.132. The minimum atomic E-state index is -0.145. The number of amides is 2. The third-order valence-corrected chi connectivity index (χ3v) is 4.34. The van der Waals surface area contributed by atoms with Gasteiger partial charge in [-0.2, -0.15) is 0 Å². The van der Waals surface area contributed by atoms with Crippen LogP contribution in [0.2, 0.25) is 5.22 Å². The van der Waals surface area contributed by atoms with Crippen molar-refractivity contribution in [2.24, 2.45) is 0 Å². The second-order valence-corrected chi connectivity index (χ2v) is 5.96. The first-order valence-corrected chi connectivity index (χ1v) is 8.47. The first kappa shape index (κ1) is 17.8. The molecule has 23 heavy (non-hydrogen) atoms. The van der Waals surface area contributed by atoms with E-state index >= 15 is 0 Å². The molecule has 2 rings (SSSR count). The Hall–Kier alpha value is -1.53. The Labute approximate surface area is 142 Å². The van der Waals surface area contributed by atoms with Gasteiger partial charge in [0.05, 0.1) is 6.54 Å². The van der Waals surface area contributed by atoms with Gasteiger partial charge in [0.2, 0.25) is 5.91 Å². The maximum atomic E-state index is 12.4. The van der Waals surface area contributed by atoms with Crippen molar-refractivity contribution in [1.29, 1.82) is 0 Å². The molecule has 0 aromatic carbocycles. The van der Waals surface area contributed by atoms with Crippen molar-refractivity contribution in [2.45, 2.75) is 20.3 Å². The molecular formula is C16H24ClN3O3. The largest absolute Gasteiger partial charge is 0.440 e. The minimum Gasteiger partial charge on any atom is -0.440 e. The van der Waals surface area contributed by atoms with Gasteiger partial charge in [0.25, 0.3) is 5.91 Å². The molecule has 7 heteroatoms. The Bertz CT molecular complexity index is 542. The van der Waals surface area contributed by atoms with Crippen molar-refractivity contribution in [3.8, 4) is 0 Å². The van der Waals surface area contributed by atoms with Crippen LogP contribution in [0.15, 0.2) is 16.5 Å². The van der Waals surface area contributed by atoms with Crippen molar-refractivity contribution in [3.05, 3.63) is 23.1 Å². The molecule has 2 amide bonds. The zero-order chi connectivity index (χ0) is 16.8. The lowest BCUT2D eigenvalue weighted by Gasteiger charge is -2.25. The summed E-state index contributed by atoms with van der Waals surface area (Å²) in [7, 11) is 0. The Kier molecular flexibility index (Phi) is 6.47. The summed E-state index contributed by atoms with van der Waals surface area (Å²) in [4.78, 5) is 30.3. The number of halogens is 1. The third-order valence-electron chi connectivity index (χ3n) is 4.13. The van der Waals surface area contributed by atoms with E-state index in [-0.39, 0.29) is 22.8 Å². The van der Waals surface area contributed by atoms with Gasteiger partial charge in [-0.15, -0.1) is 0 Å². The molecule has 128 valence electrons. The van der Waals surface area contributed by atoms with E-state index in [0.29, 0.717) is 26.2 Å². The average molecular weight is 342 g/mol. The van der Waals surface area contributed by atoms with E-state index in [9.17, 15) is 9.59 Å². The van der Waals surface area contributed by atoms with Crippen molar-refractivity contribution >= 4 is 23.4 Å². The number of rotatable bonds is 5. The standard InChI is InChI=1S/C16H24ClN3O3/c1-3-19(4-2)15(21)12-18-8-5-9-20(11-10-18)16(22)13-6-7-14(17)23-13/h6-7H,3-5,8-12H2,1-2H3. The van der Waals surface area contributed by atoms with E-state index in [1.165, 1.54) is 0 Å². The van der Waals surface area contributed by atoms with Gasteiger partial charge >= 0.3 is 0 Å². The highest BCUT2D eigenvalue weighted by molar-refractivity contribution is 6.29. The summed E-state index contributed by atoms with van der Waals surface area (Å²) in [6, 6.07) is 3.17. The van der Waals surface area contributed by atoms with E-state index in [1.807, 2.05) is 18.7 Å². The number of carbonyl (C=O) groups excluding carboxylic acids is 2. The zero-order valence-corrected chi connectivity index (χ0v) is 14.5. The van der Waals surface area contributed by atoms with Crippen LogP contribution in [0.25, 0.3) is 0 Å². The molecule has 0 atom stereocenters. The van der Waals surface area contributed by atoms with Crippen LogP contribution in [0.3, 0.4) is 0 Å². The summed E-state index contributed by atoms with van der Waals surface area (Å²) in [6.07, 6.45) is 0.839. The summed E-state index contributed by atoms with van der Waals surface area (Å²) in [5.74, 6) is 0.268. The lowest BCUT2D eigenvalue weighted by Crippen LogP contribution is -2.42. The number of likely N-dealkylation sites (N-methyl/N-ethyl adjacent to an activating group) is 1. The van der Waals surface area contributed by atoms with Crippen LogP contribution in [0.5, 0.6) is 0 Å². The number of furan rings is 1. The first-order chi connectivity index (χ1) is 11.0. The van der Waals surface area contributed by atoms with Gasteiger partial charge in [0.15, 0.2) is 11.0 Å².